The van der Waals surface area contributed by atoms with Crippen LogP contribution in [0.1, 0.15) is 34.0 Å². The van der Waals surface area contributed by atoms with Crippen LogP contribution < -0.4 is 0 Å². The van der Waals surface area contributed by atoms with Crippen LogP contribution in [0.5, 0.6) is 0 Å². The molecule has 4 rings (SSSR count). The number of carbonyl (C=O) groups excluding carboxylic acids is 1. The van der Waals surface area contributed by atoms with Gasteiger partial charge in [0, 0.05) is 55.7 Å². The number of methoxy groups -OCH3 is 1. The molecule has 7 nitrogen and oxygen atoms in total. The van der Waals surface area contributed by atoms with Crippen LogP contribution in [0.3, 0.4) is 0 Å². The van der Waals surface area contributed by atoms with Gasteiger partial charge in [0.05, 0.1) is 31.0 Å². The molecule has 0 unspecified atom stereocenters. The molecule has 0 aliphatic carbocycles. The molecule has 0 spiro atoms. The van der Waals surface area contributed by atoms with Gasteiger partial charge in [0.15, 0.2) is 5.78 Å². The summed E-state index contributed by atoms with van der Waals surface area (Å²) in [7, 11) is 1.71. The van der Waals surface area contributed by atoms with Crippen molar-refractivity contribution in [2.75, 3.05) is 45.8 Å². The quantitative estimate of drug-likeness (QED) is 0.193. The van der Waals surface area contributed by atoms with Crippen LogP contribution in [-0.4, -0.2) is 71.0 Å². The van der Waals surface area contributed by atoms with Gasteiger partial charge in [-0.05, 0) is 32.4 Å². The SMILES string of the molecule is COCCCn1c(C)cc(C(=O)CSc2nc(CN3CCOCC3)nc3ccccc23)c1C. The summed E-state index contributed by atoms with van der Waals surface area (Å²) in [4.78, 5) is 25.1. The van der Waals surface area contributed by atoms with Crippen molar-refractivity contribution in [1.29, 1.82) is 0 Å². The lowest BCUT2D eigenvalue weighted by molar-refractivity contribution is 0.0330. The molecule has 176 valence electrons. The molecule has 0 amide bonds. The van der Waals surface area contributed by atoms with Crippen molar-refractivity contribution in [2.45, 2.75) is 38.4 Å². The van der Waals surface area contributed by atoms with Crippen LogP contribution in [0.15, 0.2) is 35.4 Å². The van der Waals surface area contributed by atoms with Crippen LogP contribution >= 0.6 is 11.8 Å². The molecular weight excluding hydrogens is 436 g/mol. The van der Waals surface area contributed by atoms with E-state index >= 15 is 0 Å². The molecule has 1 fully saturated rings. The maximum absolute atomic E-state index is 13.1. The first kappa shape index (κ1) is 23.9. The third-order valence-electron chi connectivity index (χ3n) is 6.03. The van der Waals surface area contributed by atoms with Crippen molar-refractivity contribution < 1.29 is 14.3 Å². The van der Waals surface area contributed by atoms with E-state index in [2.05, 4.69) is 16.4 Å². The first-order valence-corrected chi connectivity index (χ1v) is 12.4. The fraction of sp³-hybridized carbons (Fsp3) is 0.480. The number of nitrogens with zero attached hydrogens (tertiary/aromatic N) is 4. The molecule has 2 aromatic heterocycles. The number of aromatic nitrogens is 3. The summed E-state index contributed by atoms with van der Waals surface area (Å²) in [5.41, 5.74) is 3.85. The van der Waals surface area contributed by atoms with E-state index in [1.165, 1.54) is 11.8 Å². The Morgan fingerprint density at radius 2 is 1.97 bits per heavy atom. The van der Waals surface area contributed by atoms with Gasteiger partial charge in [0.1, 0.15) is 10.9 Å². The third kappa shape index (κ3) is 5.81. The van der Waals surface area contributed by atoms with Gasteiger partial charge in [-0.3, -0.25) is 9.69 Å². The van der Waals surface area contributed by atoms with Crippen molar-refractivity contribution >= 4 is 28.4 Å². The molecule has 1 aliphatic rings. The Balaban J connectivity index is 1.50. The normalized spacial score (nSPS) is 14.8. The Bertz CT molecular complexity index is 1110. The second kappa shape index (κ2) is 11.2. The zero-order chi connectivity index (χ0) is 23.2. The van der Waals surface area contributed by atoms with Crippen LogP contribution in [0.25, 0.3) is 10.9 Å². The number of rotatable bonds is 10. The van der Waals surface area contributed by atoms with Crippen molar-refractivity contribution in [2.24, 2.45) is 0 Å². The van der Waals surface area contributed by atoms with E-state index in [4.69, 9.17) is 19.4 Å². The van der Waals surface area contributed by atoms with E-state index in [9.17, 15) is 4.79 Å². The summed E-state index contributed by atoms with van der Waals surface area (Å²) in [6.45, 7) is 9.60. The number of morpholine rings is 1. The maximum atomic E-state index is 13.1. The van der Waals surface area contributed by atoms with E-state index in [0.717, 1.165) is 78.0 Å². The molecule has 33 heavy (non-hydrogen) atoms. The minimum atomic E-state index is 0.128. The van der Waals surface area contributed by atoms with Gasteiger partial charge in [-0.2, -0.15) is 0 Å². The fourth-order valence-electron chi connectivity index (χ4n) is 4.24. The lowest BCUT2D eigenvalue weighted by Crippen LogP contribution is -2.36. The summed E-state index contributed by atoms with van der Waals surface area (Å²) in [5.74, 6) is 1.27. The van der Waals surface area contributed by atoms with Crippen LogP contribution in [-0.2, 0) is 22.6 Å². The number of hydrogen-bond donors (Lipinski definition) is 0. The summed E-state index contributed by atoms with van der Waals surface area (Å²) in [5, 5.41) is 1.86. The highest BCUT2D eigenvalue weighted by Gasteiger charge is 2.18. The summed E-state index contributed by atoms with van der Waals surface area (Å²) >= 11 is 1.50. The topological polar surface area (TPSA) is 69.5 Å². The number of thioether (sulfide) groups is 1. The Morgan fingerprint density at radius 1 is 1.18 bits per heavy atom. The number of Topliss-reactive ketones (excluding diaryl/α,β-unsaturated/α-hetero) is 1. The highest BCUT2D eigenvalue weighted by Crippen LogP contribution is 2.27. The molecule has 0 radical (unpaired) electrons. The summed E-state index contributed by atoms with van der Waals surface area (Å²) in [6.07, 6.45) is 0.925. The van der Waals surface area contributed by atoms with Crippen LogP contribution in [0, 0.1) is 13.8 Å². The third-order valence-corrected chi connectivity index (χ3v) is 7.02. The van der Waals surface area contributed by atoms with E-state index in [1.54, 1.807) is 7.11 Å². The maximum Gasteiger partial charge on any atom is 0.174 e. The minimum absolute atomic E-state index is 0.128. The van der Waals surface area contributed by atoms with Gasteiger partial charge in [-0.1, -0.05) is 30.0 Å². The second-order valence-corrected chi connectivity index (χ2v) is 9.31. The first-order valence-electron chi connectivity index (χ1n) is 11.4. The largest absolute Gasteiger partial charge is 0.385 e. The Morgan fingerprint density at radius 3 is 2.76 bits per heavy atom. The molecule has 0 saturated carbocycles. The van der Waals surface area contributed by atoms with Crippen LogP contribution in [0.4, 0.5) is 0 Å². The average molecular weight is 469 g/mol. The number of para-hydroxylation sites is 1. The van der Waals surface area contributed by atoms with Crippen molar-refractivity contribution in [3.8, 4) is 0 Å². The number of ketones is 1. The van der Waals surface area contributed by atoms with Crippen molar-refractivity contribution in [1.82, 2.24) is 19.4 Å². The van der Waals surface area contributed by atoms with Gasteiger partial charge in [0.2, 0.25) is 0 Å². The number of carbonyl (C=O) groups is 1. The smallest absolute Gasteiger partial charge is 0.174 e. The average Bonchev–Trinajstić information content (AvgIpc) is 3.11. The molecule has 0 bridgehead atoms. The molecule has 0 atom stereocenters. The summed E-state index contributed by atoms with van der Waals surface area (Å²) < 4.78 is 12.8. The van der Waals surface area contributed by atoms with E-state index in [1.807, 2.05) is 37.3 Å². The standard InChI is InChI=1S/C25H32N4O3S/c1-18-15-21(19(2)29(18)9-6-12-31-3)23(30)17-33-25-20-7-4-5-8-22(20)26-24(27-25)16-28-10-13-32-14-11-28/h4-5,7-8,15H,6,9-14,16-17H2,1-3H3. The molecular formula is C25H32N4O3S. The number of fused-ring (bicyclic) bond motifs is 1. The van der Waals surface area contributed by atoms with E-state index < -0.39 is 0 Å². The number of ether oxygens (including phenoxy) is 2. The zero-order valence-corrected chi connectivity index (χ0v) is 20.5. The monoisotopic (exact) mass is 468 g/mol. The highest BCUT2D eigenvalue weighted by atomic mass is 32.2. The predicted molar refractivity (Wildman–Crippen MR) is 131 cm³/mol. The van der Waals surface area contributed by atoms with Crippen LogP contribution in [0.2, 0.25) is 0 Å². The van der Waals surface area contributed by atoms with Gasteiger partial charge >= 0.3 is 0 Å². The van der Waals surface area contributed by atoms with Crippen molar-refractivity contribution in [3.05, 3.63) is 53.1 Å². The zero-order valence-electron chi connectivity index (χ0n) is 19.7. The predicted octanol–water partition coefficient (Wildman–Crippen LogP) is 3.89. The Kier molecular flexibility index (Phi) is 8.14. The Hall–Kier alpha value is -2.26. The lowest BCUT2D eigenvalue weighted by Gasteiger charge is -2.25. The van der Waals surface area contributed by atoms with E-state index in [0.29, 0.717) is 18.9 Å². The lowest BCUT2D eigenvalue weighted by atomic mass is 10.2. The number of aryl methyl sites for hydroxylation is 1. The molecule has 0 N–H and O–H groups in total. The molecule has 1 aliphatic heterocycles. The van der Waals surface area contributed by atoms with Gasteiger partial charge in [-0.25, -0.2) is 9.97 Å². The van der Waals surface area contributed by atoms with Gasteiger partial charge in [0.25, 0.3) is 0 Å². The number of hydrogen-bond acceptors (Lipinski definition) is 7. The number of benzene rings is 1. The second-order valence-electron chi connectivity index (χ2n) is 8.35. The van der Waals surface area contributed by atoms with Crippen molar-refractivity contribution in [3.63, 3.8) is 0 Å². The molecule has 8 heteroatoms. The molecule has 3 aromatic rings. The molecule has 1 aromatic carbocycles. The Labute approximate surface area is 199 Å². The fourth-order valence-corrected chi connectivity index (χ4v) is 5.16. The minimum Gasteiger partial charge on any atom is -0.385 e. The highest BCUT2D eigenvalue weighted by molar-refractivity contribution is 8.00. The first-order chi connectivity index (χ1) is 16.1. The van der Waals surface area contributed by atoms with E-state index in [-0.39, 0.29) is 5.78 Å². The summed E-state index contributed by atoms with van der Waals surface area (Å²) in [6, 6.07) is 10.0. The molecule has 3 heterocycles. The molecule has 1 saturated heterocycles. The van der Waals surface area contributed by atoms with Gasteiger partial charge < -0.3 is 14.0 Å². The van der Waals surface area contributed by atoms with Gasteiger partial charge in [-0.15, -0.1) is 0 Å².